The number of piperidine rings is 1. The largest absolute Gasteiger partial charge is 0.496 e. The van der Waals surface area contributed by atoms with Gasteiger partial charge in [-0.05, 0) is 49.6 Å². The molecule has 1 fully saturated rings. The summed E-state index contributed by atoms with van der Waals surface area (Å²) in [5.41, 5.74) is 9.00. The lowest BCUT2D eigenvalue weighted by molar-refractivity contribution is 0.202. The minimum atomic E-state index is -3.41. The van der Waals surface area contributed by atoms with Crippen molar-refractivity contribution < 1.29 is 13.2 Å². The predicted molar refractivity (Wildman–Crippen MR) is 119 cm³/mol. The van der Waals surface area contributed by atoms with E-state index >= 15 is 0 Å². The van der Waals surface area contributed by atoms with Crippen LogP contribution in [0.5, 0.6) is 5.75 Å². The highest BCUT2D eigenvalue weighted by atomic mass is 32.2. The molecule has 0 saturated carbocycles. The Kier molecular flexibility index (Phi) is 6.84. The lowest BCUT2D eigenvalue weighted by Crippen LogP contribution is -2.42. The number of benzene rings is 1. The van der Waals surface area contributed by atoms with Gasteiger partial charge in [-0.25, -0.2) is 8.42 Å². The van der Waals surface area contributed by atoms with Crippen molar-refractivity contribution in [2.24, 2.45) is 12.8 Å². The molecule has 1 aliphatic heterocycles. The summed E-state index contributed by atoms with van der Waals surface area (Å²) in [6, 6.07) is 7.09. The molecule has 1 aliphatic rings. The quantitative estimate of drug-likeness (QED) is 0.688. The second kappa shape index (κ2) is 9.20. The molecule has 2 aromatic rings. The summed E-state index contributed by atoms with van der Waals surface area (Å²) < 4.78 is 33.7. The van der Waals surface area contributed by atoms with Gasteiger partial charge >= 0.3 is 0 Å². The zero-order chi connectivity index (χ0) is 21.9. The van der Waals surface area contributed by atoms with E-state index in [1.165, 1.54) is 17.7 Å². The Bertz CT molecular complexity index is 1070. The first-order chi connectivity index (χ1) is 14.2. The highest BCUT2D eigenvalue weighted by Gasteiger charge is 2.20. The summed E-state index contributed by atoms with van der Waals surface area (Å²) in [5, 5.41) is 0. The van der Waals surface area contributed by atoms with E-state index in [4.69, 9.17) is 10.5 Å². The normalized spacial score (nSPS) is 17.7. The van der Waals surface area contributed by atoms with Gasteiger partial charge in [0.25, 0.3) is 5.56 Å². The van der Waals surface area contributed by atoms with Gasteiger partial charge in [-0.15, -0.1) is 0 Å². The van der Waals surface area contributed by atoms with Crippen LogP contribution in [0.1, 0.15) is 25.3 Å². The third-order valence-electron chi connectivity index (χ3n) is 5.40. The number of nitrogens with one attached hydrogen (secondary N) is 1. The van der Waals surface area contributed by atoms with Crippen molar-refractivity contribution in [1.29, 1.82) is 0 Å². The molecule has 0 aliphatic carbocycles. The Morgan fingerprint density at radius 1 is 1.27 bits per heavy atom. The fraction of sp³-hybridized carbons (Fsp3) is 0.476. The molecular formula is C21H30N4O4S. The number of ether oxygens (including phenoxy) is 1. The number of nitrogens with two attached hydrogens (primary N) is 1. The first-order valence-electron chi connectivity index (χ1n) is 10.1. The Morgan fingerprint density at radius 3 is 2.70 bits per heavy atom. The predicted octanol–water partition coefficient (Wildman–Crippen LogP) is 1.75. The molecule has 0 radical (unpaired) electrons. The summed E-state index contributed by atoms with van der Waals surface area (Å²) in [5.74, 6) is 0.434. The van der Waals surface area contributed by atoms with Crippen LogP contribution in [0.3, 0.4) is 0 Å². The van der Waals surface area contributed by atoms with Crippen LogP contribution in [0.25, 0.3) is 11.1 Å². The van der Waals surface area contributed by atoms with Crippen LogP contribution in [0.2, 0.25) is 0 Å². The average Bonchev–Trinajstić information content (AvgIpc) is 2.70. The van der Waals surface area contributed by atoms with E-state index in [1.54, 1.807) is 32.3 Å². The number of hydrogen-bond acceptors (Lipinski definition) is 6. The molecule has 1 unspecified atom stereocenters. The van der Waals surface area contributed by atoms with Gasteiger partial charge < -0.3 is 15.0 Å². The maximum atomic E-state index is 12.1. The molecule has 3 N–H and O–H groups in total. The zero-order valence-electron chi connectivity index (χ0n) is 17.7. The van der Waals surface area contributed by atoms with Crippen LogP contribution in [-0.4, -0.2) is 49.9 Å². The Balaban J connectivity index is 2.09. The summed E-state index contributed by atoms with van der Waals surface area (Å²) in [4.78, 5) is 14.4. The highest BCUT2D eigenvalue weighted by Crippen LogP contribution is 2.34. The maximum Gasteiger partial charge on any atom is 0.254 e. The monoisotopic (exact) mass is 434 g/mol. The third-order valence-corrected chi connectivity index (χ3v) is 6.71. The first-order valence-corrected chi connectivity index (χ1v) is 11.7. The molecule has 2 heterocycles. The fourth-order valence-electron chi connectivity index (χ4n) is 3.74. The topological polar surface area (TPSA) is 107 Å². The molecule has 9 heteroatoms. The standard InChI is InChI=1S/C21H30N4O4S/c1-4-30(27,28)23-17-8-7-15(12-25-9-5-6-16(22)13-25)18(10-17)19-14-24(2)21(26)11-20(19)29-3/h7-8,10-11,14,16,23H,4-6,9,12-13,22H2,1-3H3. The molecule has 30 heavy (non-hydrogen) atoms. The number of likely N-dealkylation sites (tertiary alicyclic amines) is 1. The summed E-state index contributed by atoms with van der Waals surface area (Å²) in [6.07, 6.45) is 3.80. The molecule has 1 atom stereocenters. The second-order valence-corrected chi connectivity index (χ2v) is 9.73. The van der Waals surface area contributed by atoms with Crippen molar-refractivity contribution >= 4 is 15.7 Å². The molecule has 0 bridgehead atoms. The van der Waals surface area contributed by atoms with Gasteiger partial charge in [0.1, 0.15) is 5.75 Å². The first kappa shape index (κ1) is 22.3. The van der Waals surface area contributed by atoms with Crippen LogP contribution in [0.15, 0.2) is 35.3 Å². The number of pyridine rings is 1. The van der Waals surface area contributed by atoms with E-state index in [9.17, 15) is 13.2 Å². The van der Waals surface area contributed by atoms with E-state index < -0.39 is 10.0 Å². The van der Waals surface area contributed by atoms with Crippen LogP contribution in [0.4, 0.5) is 5.69 Å². The Morgan fingerprint density at radius 2 is 2.03 bits per heavy atom. The molecule has 0 amide bonds. The minimum absolute atomic E-state index is 0.0150. The van der Waals surface area contributed by atoms with Crippen molar-refractivity contribution in [2.75, 3.05) is 30.7 Å². The molecule has 1 aromatic carbocycles. The molecule has 1 saturated heterocycles. The number of rotatable bonds is 7. The van der Waals surface area contributed by atoms with Gasteiger partial charge in [-0.1, -0.05) is 6.07 Å². The second-order valence-electron chi connectivity index (χ2n) is 7.72. The average molecular weight is 435 g/mol. The zero-order valence-corrected chi connectivity index (χ0v) is 18.5. The number of aryl methyl sites for hydroxylation is 1. The summed E-state index contributed by atoms with van der Waals surface area (Å²) in [6.45, 7) is 4.04. The smallest absolute Gasteiger partial charge is 0.254 e. The number of methoxy groups -OCH3 is 1. The van der Waals surface area contributed by atoms with Crippen molar-refractivity contribution in [3.05, 3.63) is 46.4 Å². The van der Waals surface area contributed by atoms with Crippen LogP contribution < -0.4 is 20.8 Å². The molecule has 1 aromatic heterocycles. The lowest BCUT2D eigenvalue weighted by Gasteiger charge is -2.31. The number of hydrogen-bond donors (Lipinski definition) is 2. The molecule has 3 rings (SSSR count). The summed E-state index contributed by atoms with van der Waals surface area (Å²) >= 11 is 0. The number of nitrogens with zero attached hydrogens (tertiary/aromatic N) is 2. The maximum absolute atomic E-state index is 12.1. The SMILES string of the molecule is CCS(=O)(=O)Nc1ccc(CN2CCCC(N)C2)c(-c2cn(C)c(=O)cc2OC)c1. The number of anilines is 1. The van der Waals surface area contributed by atoms with Crippen molar-refractivity contribution in [3.8, 4) is 16.9 Å². The van der Waals surface area contributed by atoms with Gasteiger partial charge in [0.2, 0.25) is 10.0 Å². The summed E-state index contributed by atoms with van der Waals surface area (Å²) in [7, 11) is -0.215. The number of aromatic nitrogens is 1. The van der Waals surface area contributed by atoms with E-state index in [0.717, 1.165) is 42.6 Å². The fourth-order valence-corrected chi connectivity index (χ4v) is 4.37. The van der Waals surface area contributed by atoms with Crippen molar-refractivity contribution in [2.45, 2.75) is 32.4 Å². The number of sulfonamides is 1. The lowest BCUT2D eigenvalue weighted by atomic mass is 9.97. The third kappa shape index (κ3) is 5.21. The minimum Gasteiger partial charge on any atom is -0.496 e. The van der Waals surface area contributed by atoms with E-state index in [0.29, 0.717) is 18.0 Å². The van der Waals surface area contributed by atoms with Crippen LogP contribution in [0, 0.1) is 0 Å². The van der Waals surface area contributed by atoms with Crippen LogP contribution in [-0.2, 0) is 23.6 Å². The van der Waals surface area contributed by atoms with Crippen LogP contribution >= 0.6 is 0 Å². The van der Waals surface area contributed by atoms with Gasteiger partial charge in [0, 0.05) is 49.7 Å². The van der Waals surface area contributed by atoms with Gasteiger partial charge in [0.05, 0.1) is 12.9 Å². The van der Waals surface area contributed by atoms with Gasteiger partial charge in [0.15, 0.2) is 0 Å². The Hall–Kier alpha value is -2.36. The highest BCUT2D eigenvalue weighted by molar-refractivity contribution is 7.92. The molecule has 0 spiro atoms. The van der Waals surface area contributed by atoms with E-state index in [2.05, 4.69) is 9.62 Å². The van der Waals surface area contributed by atoms with E-state index in [1.807, 2.05) is 6.07 Å². The molecule has 8 nitrogen and oxygen atoms in total. The van der Waals surface area contributed by atoms with Gasteiger partial charge in [-0.2, -0.15) is 0 Å². The van der Waals surface area contributed by atoms with Crippen molar-refractivity contribution in [1.82, 2.24) is 9.47 Å². The van der Waals surface area contributed by atoms with Crippen molar-refractivity contribution in [3.63, 3.8) is 0 Å². The molecule has 164 valence electrons. The molecular weight excluding hydrogens is 404 g/mol. The van der Waals surface area contributed by atoms with Gasteiger partial charge in [-0.3, -0.25) is 14.4 Å². The van der Waals surface area contributed by atoms with E-state index in [-0.39, 0.29) is 17.4 Å². The Labute approximate surface area is 177 Å².